The molecule has 0 N–H and O–H groups in total. The molecule has 0 saturated heterocycles. The van der Waals surface area contributed by atoms with Crippen LogP contribution in [-0.2, 0) is 28.6 Å². The van der Waals surface area contributed by atoms with Crippen LogP contribution >= 0.6 is 0 Å². The molecule has 0 aromatic rings. The van der Waals surface area contributed by atoms with E-state index >= 15 is 0 Å². The summed E-state index contributed by atoms with van der Waals surface area (Å²) in [4.78, 5) is 38.4. The molecule has 0 aromatic heterocycles. The van der Waals surface area contributed by atoms with E-state index in [2.05, 4.69) is 179 Å². The van der Waals surface area contributed by atoms with Crippen LogP contribution in [0.4, 0.5) is 0 Å². The van der Waals surface area contributed by atoms with Crippen molar-refractivity contribution in [1.82, 2.24) is 0 Å². The van der Waals surface area contributed by atoms with Crippen molar-refractivity contribution in [2.45, 2.75) is 284 Å². The van der Waals surface area contributed by atoms with Crippen molar-refractivity contribution in [1.29, 1.82) is 0 Å². The molecular weight excluding hydrogens is 997 g/mol. The molecule has 0 heterocycles. The van der Waals surface area contributed by atoms with Crippen molar-refractivity contribution in [2.24, 2.45) is 0 Å². The minimum Gasteiger partial charge on any atom is -0.462 e. The Morgan fingerprint density at radius 1 is 0.259 bits per heavy atom. The Balaban J connectivity index is 4.53. The predicted octanol–water partition coefficient (Wildman–Crippen LogP) is 22.9. The number of allylic oxidation sites excluding steroid dienone is 26. The van der Waals surface area contributed by atoms with Gasteiger partial charge in [0.05, 0.1) is 0 Å². The van der Waals surface area contributed by atoms with Gasteiger partial charge in [0.25, 0.3) is 0 Å². The highest BCUT2D eigenvalue weighted by Gasteiger charge is 2.19. The summed E-state index contributed by atoms with van der Waals surface area (Å²) in [7, 11) is 0. The standard InChI is InChI=1S/C75H120O6/c1-4-7-10-13-16-19-22-25-28-31-34-35-36-37-38-39-42-44-47-50-53-56-59-62-65-68-74(77)80-71-72(81-75(78)69-66-63-60-57-54-51-48-45-41-33-30-27-24-21-18-15-12-9-6-3)70-79-73(76)67-64-61-58-55-52-49-46-43-40-32-29-26-23-20-17-14-11-8-5-2/h7,9-10,12,16,18-19,21,25-30,34-35,37-38,41-42,44-45,50-51,53-54,72H,4-6,8,11,13-15,17,20,22-24,31-33,36,39-40,43,46-49,52,55-71H2,1-3H3/b10-7-,12-9-,19-16-,21-18-,28-25-,29-26-,30-27-,35-34-,38-37-,44-42-,45-41-,53-50-,54-51-. The van der Waals surface area contributed by atoms with E-state index in [1.54, 1.807) is 0 Å². The molecule has 0 aliphatic rings. The highest BCUT2D eigenvalue weighted by atomic mass is 16.6. The topological polar surface area (TPSA) is 78.9 Å². The maximum Gasteiger partial charge on any atom is 0.306 e. The van der Waals surface area contributed by atoms with E-state index < -0.39 is 6.10 Å². The van der Waals surface area contributed by atoms with Crippen LogP contribution in [0.15, 0.2) is 158 Å². The third kappa shape index (κ3) is 65.7. The second kappa shape index (κ2) is 67.5. The van der Waals surface area contributed by atoms with Gasteiger partial charge in [-0.2, -0.15) is 0 Å². The quantitative estimate of drug-likeness (QED) is 0.0261. The van der Waals surface area contributed by atoms with Crippen molar-refractivity contribution in [3.05, 3.63) is 158 Å². The molecule has 6 heteroatoms. The molecular formula is C75H120O6. The fourth-order valence-corrected chi connectivity index (χ4v) is 8.62. The predicted molar refractivity (Wildman–Crippen MR) is 352 cm³/mol. The normalized spacial score (nSPS) is 13.2. The highest BCUT2D eigenvalue weighted by molar-refractivity contribution is 5.71. The van der Waals surface area contributed by atoms with Gasteiger partial charge in [0.15, 0.2) is 6.10 Å². The molecule has 0 bridgehead atoms. The van der Waals surface area contributed by atoms with Gasteiger partial charge in [-0.05, 0) is 148 Å². The Labute approximate surface area is 499 Å². The number of carbonyl (C=O) groups is 3. The summed E-state index contributed by atoms with van der Waals surface area (Å²) in [6.07, 6.45) is 98.2. The first kappa shape index (κ1) is 76.0. The Morgan fingerprint density at radius 2 is 0.481 bits per heavy atom. The van der Waals surface area contributed by atoms with Gasteiger partial charge in [0, 0.05) is 19.3 Å². The zero-order chi connectivity index (χ0) is 58.5. The zero-order valence-corrected chi connectivity index (χ0v) is 52.2. The van der Waals surface area contributed by atoms with Crippen LogP contribution in [0, 0.1) is 0 Å². The van der Waals surface area contributed by atoms with Crippen LogP contribution < -0.4 is 0 Å². The number of hydrogen-bond donors (Lipinski definition) is 0. The SMILES string of the molecule is CC/C=C\C/C=C\C/C=C\C/C=C\C/C=C\C/C=C\C/C=C\CCCCCC(=O)OCC(COC(=O)CCCCCCCCCCC/C=C\CCCCCCCC)OC(=O)CCCCC/C=C\C/C=C\C/C=C\C/C=C\C/C=C\CC. The minimum absolute atomic E-state index is 0.109. The zero-order valence-electron chi connectivity index (χ0n) is 52.2. The summed E-state index contributed by atoms with van der Waals surface area (Å²) in [5.41, 5.74) is 0. The molecule has 456 valence electrons. The Morgan fingerprint density at radius 3 is 0.778 bits per heavy atom. The van der Waals surface area contributed by atoms with E-state index in [0.29, 0.717) is 19.3 Å². The first-order chi connectivity index (χ1) is 40.0. The van der Waals surface area contributed by atoms with Gasteiger partial charge in [0.1, 0.15) is 13.2 Å². The van der Waals surface area contributed by atoms with Crippen molar-refractivity contribution in [2.75, 3.05) is 13.2 Å². The molecule has 0 rings (SSSR count). The summed E-state index contributed by atoms with van der Waals surface area (Å²) in [6.45, 7) is 6.36. The average Bonchev–Trinajstić information content (AvgIpc) is 3.47. The largest absolute Gasteiger partial charge is 0.462 e. The lowest BCUT2D eigenvalue weighted by molar-refractivity contribution is -0.167. The maximum atomic E-state index is 12.9. The Hall–Kier alpha value is -4.97. The molecule has 1 atom stereocenters. The van der Waals surface area contributed by atoms with Crippen LogP contribution in [0.25, 0.3) is 0 Å². The van der Waals surface area contributed by atoms with Crippen molar-refractivity contribution in [3.63, 3.8) is 0 Å². The van der Waals surface area contributed by atoms with Gasteiger partial charge in [-0.1, -0.05) is 269 Å². The number of unbranched alkanes of at least 4 members (excludes halogenated alkanes) is 21. The fourth-order valence-electron chi connectivity index (χ4n) is 8.62. The van der Waals surface area contributed by atoms with E-state index in [-0.39, 0.29) is 37.5 Å². The summed E-state index contributed by atoms with van der Waals surface area (Å²) in [5, 5.41) is 0. The third-order valence-corrected chi connectivity index (χ3v) is 13.5. The lowest BCUT2D eigenvalue weighted by atomic mass is 10.1. The monoisotopic (exact) mass is 1120 g/mol. The van der Waals surface area contributed by atoms with E-state index in [4.69, 9.17) is 14.2 Å². The average molecular weight is 1120 g/mol. The number of rotatable bonds is 58. The number of esters is 3. The lowest BCUT2D eigenvalue weighted by Gasteiger charge is -2.18. The van der Waals surface area contributed by atoms with Gasteiger partial charge in [-0.3, -0.25) is 14.4 Å². The molecule has 0 aromatic carbocycles. The summed E-state index contributed by atoms with van der Waals surface area (Å²) in [5.74, 6) is -0.979. The number of hydrogen-bond acceptors (Lipinski definition) is 6. The van der Waals surface area contributed by atoms with Gasteiger partial charge in [-0.15, -0.1) is 0 Å². The highest BCUT2D eigenvalue weighted by Crippen LogP contribution is 2.14. The van der Waals surface area contributed by atoms with Crippen LogP contribution in [-0.4, -0.2) is 37.2 Å². The van der Waals surface area contributed by atoms with Crippen LogP contribution in [0.1, 0.15) is 278 Å². The first-order valence-corrected chi connectivity index (χ1v) is 33.0. The smallest absolute Gasteiger partial charge is 0.306 e. The van der Waals surface area contributed by atoms with Gasteiger partial charge in [0.2, 0.25) is 0 Å². The molecule has 0 amide bonds. The van der Waals surface area contributed by atoms with E-state index in [1.165, 1.54) is 89.9 Å². The van der Waals surface area contributed by atoms with Crippen LogP contribution in [0.3, 0.4) is 0 Å². The third-order valence-electron chi connectivity index (χ3n) is 13.5. The van der Waals surface area contributed by atoms with E-state index in [1.807, 2.05) is 0 Å². The second-order valence-corrected chi connectivity index (χ2v) is 21.3. The first-order valence-electron chi connectivity index (χ1n) is 33.0. The Kier molecular flexibility index (Phi) is 63.4. The summed E-state index contributed by atoms with van der Waals surface area (Å²) >= 11 is 0. The second-order valence-electron chi connectivity index (χ2n) is 21.3. The van der Waals surface area contributed by atoms with Crippen LogP contribution in [0.5, 0.6) is 0 Å². The maximum absolute atomic E-state index is 12.9. The fraction of sp³-hybridized carbons (Fsp3) is 0.613. The molecule has 1 unspecified atom stereocenters. The van der Waals surface area contributed by atoms with E-state index in [0.717, 1.165) is 141 Å². The molecule has 6 nitrogen and oxygen atoms in total. The molecule has 0 spiro atoms. The number of carbonyl (C=O) groups excluding carboxylic acids is 3. The number of ether oxygens (including phenoxy) is 3. The van der Waals surface area contributed by atoms with Crippen molar-refractivity contribution in [3.8, 4) is 0 Å². The Bertz CT molecular complexity index is 1810. The lowest BCUT2D eigenvalue weighted by Crippen LogP contribution is -2.30. The molecule has 0 saturated carbocycles. The van der Waals surface area contributed by atoms with Gasteiger partial charge >= 0.3 is 17.9 Å². The molecule has 0 fully saturated rings. The van der Waals surface area contributed by atoms with Crippen molar-refractivity contribution >= 4 is 17.9 Å². The van der Waals surface area contributed by atoms with Gasteiger partial charge < -0.3 is 14.2 Å². The molecule has 0 radical (unpaired) electrons. The molecule has 0 aliphatic heterocycles. The van der Waals surface area contributed by atoms with Gasteiger partial charge in [-0.25, -0.2) is 0 Å². The minimum atomic E-state index is -0.820. The summed E-state index contributed by atoms with van der Waals surface area (Å²) < 4.78 is 16.9. The summed E-state index contributed by atoms with van der Waals surface area (Å²) in [6, 6.07) is 0. The molecule has 0 aliphatic carbocycles. The van der Waals surface area contributed by atoms with E-state index in [9.17, 15) is 14.4 Å². The molecule has 81 heavy (non-hydrogen) atoms. The van der Waals surface area contributed by atoms with Crippen molar-refractivity contribution < 1.29 is 28.6 Å². The van der Waals surface area contributed by atoms with Crippen LogP contribution in [0.2, 0.25) is 0 Å².